The highest BCUT2D eigenvalue weighted by molar-refractivity contribution is 5.87. The minimum absolute atomic E-state index is 0.0144. The number of nitrogens with zero attached hydrogens (tertiary/aromatic N) is 1. The van der Waals surface area contributed by atoms with E-state index in [0.717, 1.165) is 10.9 Å². The second kappa shape index (κ2) is 3.33. The highest BCUT2D eigenvalue weighted by atomic mass is 19.3. The molecule has 1 heterocycles. The second-order valence-corrected chi connectivity index (χ2v) is 3.20. The van der Waals surface area contributed by atoms with Gasteiger partial charge >= 0.3 is 0 Å². The predicted molar refractivity (Wildman–Crippen MR) is 51.4 cm³/mol. The van der Waals surface area contributed by atoms with Gasteiger partial charge in [-0.2, -0.15) is 0 Å². The van der Waals surface area contributed by atoms with E-state index in [0.29, 0.717) is 5.39 Å². The Morgan fingerprint density at radius 2 is 2.00 bits per heavy atom. The maximum absolute atomic E-state index is 12.6. The Hall–Kier alpha value is -1.51. The number of rotatable bonds is 1. The number of halogens is 2. The maximum Gasteiger partial charge on any atom is 0.265 e. The van der Waals surface area contributed by atoms with Crippen molar-refractivity contribution in [3.8, 4) is 0 Å². The van der Waals surface area contributed by atoms with Crippen LogP contribution in [-0.2, 0) is 0 Å². The Bertz CT molecular complexity index is 461. The highest BCUT2D eigenvalue weighted by Crippen LogP contribution is 2.28. The largest absolute Gasteiger partial charge is 0.265 e. The number of aromatic nitrogens is 1. The summed E-state index contributed by atoms with van der Waals surface area (Å²) in [5, 5.41) is 1.39. The van der Waals surface area contributed by atoms with Gasteiger partial charge in [-0.05, 0) is 17.9 Å². The van der Waals surface area contributed by atoms with E-state index in [9.17, 15) is 8.78 Å². The number of benzene rings is 1. The van der Waals surface area contributed by atoms with E-state index in [4.69, 9.17) is 0 Å². The van der Waals surface area contributed by atoms with Crippen molar-refractivity contribution >= 4 is 10.8 Å². The molecule has 0 saturated carbocycles. The van der Waals surface area contributed by atoms with Gasteiger partial charge in [-0.3, -0.25) is 4.98 Å². The number of aryl methyl sites for hydroxylation is 1. The Balaban J connectivity index is 2.84. The SMILES string of the molecule is Cc1cccc2cncc(C(F)F)c12. The van der Waals surface area contributed by atoms with Gasteiger partial charge in [-0.15, -0.1) is 0 Å². The van der Waals surface area contributed by atoms with Crippen LogP contribution in [0.1, 0.15) is 17.6 Å². The molecule has 2 rings (SSSR count). The van der Waals surface area contributed by atoms with Crippen LogP contribution in [0.4, 0.5) is 8.78 Å². The van der Waals surface area contributed by atoms with Crippen LogP contribution in [-0.4, -0.2) is 4.98 Å². The topological polar surface area (TPSA) is 12.9 Å². The van der Waals surface area contributed by atoms with Crippen LogP contribution in [0.3, 0.4) is 0 Å². The van der Waals surface area contributed by atoms with E-state index in [1.807, 2.05) is 19.1 Å². The smallest absolute Gasteiger partial charge is 0.264 e. The lowest BCUT2D eigenvalue weighted by molar-refractivity contribution is 0.152. The van der Waals surface area contributed by atoms with Crippen molar-refractivity contribution < 1.29 is 8.78 Å². The van der Waals surface area contributed by atoms with E-state index in [-0.39, 0.29) is 5.56 Å². The Labute approximate surface area is 80.4 Å². The molecule has 0 fully saturated rings. The Morgan fingerprint density at radius 1 is 1.21 bits per heavy atom. The zero-order valence-electron chi connectivity index (χ0n) is 7.67. The van der Waals surface area contributed by atoms with Crippen molar-refractivity contribution in [2.45, 2.75) is 13.3 Å². The zero-order chi connectivity index (χ0) is 10.1. The molecule has 0 unspecified atom stereocenters. The minimum Gasteiger partial charge on any atom is -0.264 e. The summed E-state index contributed by atoms with van der Waals surface area (Å²) in [6.07, 6.45) is 0.376. The fraction of sp³-hybridized carbons (Fsp3) is 0.182. The van der Waals surface area contributed by atoms with E-state index in [2.05, 4.69) is 4.98 Å². The molecule has 0 amide bonds. The third kappa shape index (κ3) is 1.35. The average Bonchev–Trinajstić information content (AvgIpc) is 2.17. The van der Waals surface area contributed by atoms with Crippen LogP contribution in [0, 0.1) is 6.92 Å². The van der Waals surface area contributed by atoms with Gasteiger partial charge in [0.2, 0.25) is 0 Å². The summed E-state index contributed by atoms with van der Waals surface area (Å²) in [7, 11) is 0. The molecule has 2 aromatic rings. The number of hydrogen-bond acceptors (Lipinski definition) is 1. The molecule has 0 aliphatic rings. The monoisotopic (exact) mass is 193 g/mol. The first-order valence-corrected chi connectivity index (χ1v) is 4.31. The van der Waals surface area contributed by atoms with E-state index in [1.54, 1.807) is 12.3 Å². The molecule has 0 radical (unpaired) electrons. The number of fused-ring (bicyclic) bond motifs is 1. The molecule has 0 aliphatic heterocycles. The first-order valence-electron chi connectivity index (χ1n) is 4.31. The standard InChI is InChI=1S/C11H9F2N/c1-7-3-2-4-8-5-14-6-9(10(7)8)11(12)13/h2-6,11H,1H3. The van der Waals surface area contributed by atoms with Gasteiger partial charge in [0.25, 0.3) is 6.43 Å². The summed E-state index contributed by atoms with van der Waals surface area (Å²) in [5.41, 5.74) is 0.876. The molecule has 1 aromatic heterocycles. The van der Waals surface area contributed by atoms with Gasteiger partial charge in [-0.25, -0.2) is 8.78 Å². The highest BCUT2D eigenvalue weighted by Gasteiger charge is 2.12. The Morgan fingerprint density at radius 3 is 2.71 bits per heavy atom. The quantitative estimate of drug-likeness (QED) is 0.675. The summed E-state index contributed by atoms with van der Waals surface area (Å²) in [6.45, 7) is 1.83. The maximum atomic E-state index is 12.6. The molecular formula is C11H9F2N. The lowest BCUT2D eigenvalue weighted by Gasteiger charge is -2.07. The molecular weight excluding hydrogens is 184 g/mol. The van der Waals surface area contributed by atoms with E-state index >= 15 is 0 Å². The van der Waals surface area contributed by atoms with E-state index < -0.39 is 6.43 Å². The molecule has 0 spiro atoms. The summed E-state index contributed by atoms with van der Waals surface area (Å²) >= 11 is 0. The van der Waals surface area contributed by atoms with Crippen molar-refractivity contribution in [3.63, 3.8) is 0 Å². The molecule has 72 valence electrons. The summed E-state index contributed by atoms with van der Waals surface area (Å²) in [4.78, 5) is 3.80. The first kappa shape index (κ1) is 9.06. The van der Waals surface area contributed by atoms with Crippen LogP contribution >= 0.6 is 0 Å². The molecule has 14 heavy (non-hydrogen) atoms. The van der Waals surface area contributed by atoms with Gasteiger partial charge in [0.1, 0.15) is 0 Å². The van der Waals surface area contributed by atoms with Gasteiger partial charge in [0.05, 0.1) is 0 Å². The minimum atomic E-state index is -2.47. The zero-order valence-corrected chi connectivity index (χ0v) is 7.67. The lowest BCUT2D eigenvalue weighted by Crippen LogP contribution is -1.90. The van der Waals surface area contributed by atoms with E-state index in [1.165, 1.54) is 6.20 Å². The number of pyridine rings is 1. The Kier molecular flexibility index (Phi) is 2.15. The number of alkyl halides is 2. The van der Waals surface area contributed by atoms with Crippen molar-refractivity contribution in [3.05, 3.63) is 41.7 Å². The van der Waals surface area contributed by atoms with Crippen LogP contribution < -0.4 is 0 Å². The normalized spacial score (nSPS) is 11.1. The van der Waals surface area contributed by atoms with Crippen molar-refractivity contribution in [1.82, 2.24) is 4.98 Å². The first-order chi connectivity index (χ1) is 6.70. The fourth-order valence-corrected chi connectivity index (χ4v) is 1.62. The molecule has 0 aliphatic carbocycles. The van der Waals surface area contributed by atoms with Gasteiger partial charge < -0.3 is 0 Å². The van der Waals surface area contributed by atoms with Crippen LogP contribution in [0.25, 0.3) is 10.8 Å². The third-order valence-electron chi connectivity index (χ3n) is 2.26. The number of hydrogen-bond donors (Lipinski definition) is 0. The summed E-state index contributed by atoms with van der Waals surface area (Å²) < 4.78 is 25.3. The third-order valence-corrected chi connectivity index (χ3v) is 2.26. The van der Waals surface area contributed by atoms with Crippen LogP contribution in [0.15, 0.2) is 30.6 Å². The molecule has 0 saturated heterocycles. The molecule has 1 aromatic carbocycles. The molecule has 3 heteroatoms. The molecule has 0 atom stereocenters. The summed E-state index contributed by atoms with van der Waals surface area (Å²) in [5.74, 6) is 0. The van der Waals surface area contributed by atoms with Gasteiger partial charge in [0.15, 0.2) is 0 Å². The van der Waals surface area contributed by atoms with Gasteiger partial charge in [-0.1, -0.05) is 18.2 Å². The predicted octanol–water partition coefficient (Wildman–Crippen LogP) is 3.48. The molecule has 0 N–H and O–H groups in total. The van der Waals surface area contributed by atoms with Crippen molar-refractivity contribution in [2.75, 3.05) is 0 Å². The van der Waals surface area contributed by atoms with Crippen molar-refractivity contribution in [2.24, 2.45) is 0 Å². The lowest BCUT2D eigenvalue weighted by atomic mass is 10.0. The fourth-order valence-electron chi connectivity index (χ4n) is 1.62. The molecule has 1 nitrogen and oxygen atoms in total. The summed E-state index contributed by atoms with van der Waals surface area (Å²) in [6, 6.07) is 5.46. The van der Waals surface area contributed by atoms with Crippen LogP contribution in [0.2, 0.25) is 0 Å². The molecule has 0 bridgehead atoms. The van der Waals surface area contributed by atoms with Crippen molar-refractivity contribution in [1.29, 1.82) is 0 Å². The average molecular weight is 193 g/mol. The van der Waals surface area contributed by atoms with Crippen LogP contribution in [0.5, 0.6) is 0 Å². The van der Waals surface area contributed by atoms with Gasteiger partial charge in [0, 0.05) is 23.3 Å². The second-order valence-electron chi connectivity index (χ2n) is 3.20.